The molecule has 2 nitrogen and oxygen atoms in total. The number of hydrogen-bond donors (Lipinski definition) is 0. The zero-order chi connectivity index (χ0) is 10.2. The van der Waals surface area contributed by atoms with Gasteiger partial charge >= 0.3 is 0 Å². The Morgan fingerprint density at radius 1 is 0.929 bits per heavy atom. The molecule has 2 saturated heterocycles. The van der Waals surface area contributed by atoms with E-state index in [1.165, 1.54) is 11.5 Å². The summed E-state index contributed by atoms with van der Waals surface area (Å²) in [5.74, 6) is 2.59. The third-order valence-corrected chi connectivity index (χ3v) is 4.04. The highest BCUT2D eigenvalue weighted by Gasteiger charge is 2.21. The maximum atomic E-state index is 8.08. The molecule has 2 heterocycles. The van der Waals surface area contributed by atoms with Crippen LogP contribution >= 0.6 is 23.5 Å². The van der Waals surface area contributed by atoms with Gasteiger partial charge in [0.2, 0.25) is 0 Å². The molecule has 0 aromatic rings. The zero-order valence-electron chi connectivity index (χ0n) is 8.11. The highest BCUT2D eigenvalue weighted by Crippen LogP contribution is 2.33. The van der Waals surface area contributed by atoms with Crippen molar-refractivity contribution in [2.45, 2.75) is 36.2 Å². The molecule has 0 N–H and O–H groups in total. The van der Waals surface area contributed by atoms with Crippen molar-refractivity contribution in [3.8, 4) is 12.1 Å². The first-order valence-corrected chi connectivity index (χ1v) is 6.93. The lowest BCUT2D eigenvalue weighted by molar-refractivity contribution is 0.895. The summed E-state index contributed by atoms with van der Waals surface area (Å²) >= 11 is 3.91. The molecular weight excluding hydrogens is 212 g/mol. The van der Waals surface area contributed by atoms with Crippen LogP contribution in [0.4, 0.5) is 0 Å². The standard InChI is InChI=1S/2C5H7NS/c2*6-3-1-2-5-4-7-5/h2*5H,1-2,4H2. The predicted molar refractivity (Wildman–Crippen MR) is 62.2 cm³/mol. The van der Waals surface area contributed by atoms with Gasteiger partial charge in [0.05, 0.1) is 12.1 Å². The minimum atomic E-state index is 0.748. The summed E-state index contributed by atoms with van der Waals surface area (Å²) in [7, 11) is 0. The molecular formula is C10H14N2S2. The second-order valence-electron chi connectivity index (χ2n) is 3.30. The summed E-state index contributed by atoms with van der Waals surface area (Å²) in [4.78, 5) is 0. The van der Waals surface area contributed by atoms with Crippen molar-refractivity contribution in [3.63, 3.8) is 0 Å². The fourth-order valence-corrected chi connectivity index (χ4v) is 2.10. The van der Waals surface area contributed by atoms with Crippen molar-refractivity contribution in [2.75, 3.05) is 11.5 Å². The van der Waals surface area contributed by atoms with Gasteiger partial charge in [-0.25, -0.2) is 0 Å². The highest BCUT2D eigenvalue weighted by molar-refractivity contribution is 8.07. The lowest BCUT2D eigenvalue weighted by atomic mass is 10.3. The van der Waals surface area contributed by atoms with Crippen LogP contribution in [0.5, 0.6) is 0 Å². The van der Waals surface area contributed by atoms with E-state index in [0.717, 1.165) is 36.2 Å². The Bertz CT molecular complexity index is 207. The molecule has 0 aromatic carbocycles. The average Bonchev–Trinajstić information content (AvgIpc) is 3.04. The van der Waals surface area contributed by atoms with E-state index in [0.29, 0.717) is 0 Å². The van der Waals surface area contributed by atoms with Gasteiger partial charge in [0.15, 0.2) is 0 Å². The van der Waals surface area contributed by atoms with Gasteiger partial charge in [0, 0.05) is 34.8 Å². The summed E-state index contributed by atoms with van der Waals surface area (Å²) < 4.78 is 0. The predicted octanol–water partition coefficient (Wildman–Crippen LogP) is 2.81. The molecule has 0 spiro atoms. The molecule has 2 rings (SSSR count). The van der Waals surface area contributed by atoms with E-state index in [1.807, 2.05) is 23.5 Å². The fourth-order valence-electron chi connectivity index (χ4n) is 0.920. The second kappa shape index (κ2) is 7.04. The van der Waals surface area contributed by atoms with Crippen LogP contribution in [0, 0.1) is 22.7 Å². The Morgan fingerprint density at radius 2 is 1.29 bits per heavy atom. The first-order valence-electron chi connectivity index (χ1n) is 4.84. The smallest absolute Gasteiger partial charge is 0.0622 e. The second-order valence-corrected chi connectivity index (χ2v) is 5.97. The Kier molecular flexibility index (Phi) is 5.91. The van der Waals surface area contributed by atoms with Crippen LogP contribution in [0.15, 0.2) is 0 Å². The highest BCUT2D eigenvalue weighted by atomic mass is 32.2. The molecule has 14 heavy (non-hydrogen) atoms. The maximum Gasteiger partial charge on any atom is 0.0622 e. The molecule has 76 valence electrons. The molecule has 2 atom stereocenters. The van der Waals surface area contributed by atoms with Crippen molar-refractivity contribution in [1.29, 1.82) is 10.5 Å². The normalized spacial score (nSPS) is 26.4. The van der Waals surface area contributed by atoms with Gasteiger partial charge < -0.3 is 0 Å². The molecule has 0 bridgehead atoms. The average molecular weight is 226 g/mol. The third kappa shape index (κ3) is 7.12. The molecule has 4 heteroatoms. The van der Waals surface area contributed by atoms with E-state index in [-0.39, 0.29) is 0 Å². The van der Waals surface area contributed by atoms with Gasteiger partial charge in [-0.2, -0.15) is 34.0 Å². The van der Waals surface area contributed by atoms with E-state index >= 15 is 0 Å². The number of nitriles is 2. The van der Waals surface area contributed by atoms with Crippen molar-refractivity contribution >= 4 is 23.5 Å². The number of nitrogens with zero attached hydrogens (tertiary/aromatic N) is 2. The summed E-state index contributed by atoms with van der Waals surface area (Å²) in [6.07, 6.45) is 3.72. The Labute approximate surface area is 94.0 Å². The van der Waals surface area contributed by atoms with E-state index < -0.39 is 0 Å². The van der Waals surface area contributed by atoms with Gasteiger partial charge in [-0.1, -0.05) is 0 Å². The molecule has 0 radical (unpaired) electrons. The van der Waals surface area contributed by atoms with E-state index in [2.05, 4.69) is 12.1 Å². The van der Waals surface area contributed by atoms with Crippen LogP contribution in [-0.4, -0.2) is 22.0 Å². The largest absolute Gasteiger partial charge is 0.198 e. The SMILES string of the molecule is N#CCCC1CS1.N#CCCC1CS1. The molecule has 2 unspecified atom stereocenters. The lowest BCUT2D eigenvalue weighted by Gasteiger charge is -1.79. The summed E-state index contributed by atoms with van der Waals surface area (Å²) in [6.45, 7) is 0. The van der Waals surface area contributed by atoms with Crippen LogP contribution < -0.4 is 0 Å². The molecule has 0 aliphatic carbocycles. The lowest BCUT2D eigenvalue weighted by Crippen LogP contribution is -1.78. The third-order valence-electron chi connectivity index (χ3n) is 1.96. The van der Waals surface area contributed by atoms with Crippen molar-refractivity contribution in [3.05, 3.63) is 0 Å². The Morgan fingerprint density at radius 3 is 1.50 bits per heavy atom. The van der Waals surface area contributed by atoms with Crippen LogP contribution in [0.1, 0.15) is 25.7 Å². The van der Waals surface area contributed by atoms with Crippen molar-refractivity contribution in [1.82, 2.24) is 0 Å². The maximum absolute atomic E-state index is 8.08. The van der Waals surface area contributed by atoms with E-state index in [4.69, 9.17) is 10.5 Å². The minimum absolute atomic E-state index is 0.748. The molecule has 0 saturated carbocycles. The van der Waals surface area contributed by atoms with Crippen LogP contribution in [0.25, 0.3) is 0 Å². The monoisotopic (exact) mass is 226 g/mol. The van der Waals surface area contributed by atoms with Gasteiger partial charge in [0.25, 0.3) is 0 Å². The molecule has 2 fully saturated rings. The zero-order valence-corrected chi connectivity index (χ0v) is 9.74. The molecule has 2 aliphatic heterocycles. The molecule has 2 aliphatic rings. The van der Waals surface area contributed by atoms with Gasteiger partial charge in [0.1, 0.15) is 0 Å². The van der Waals surface area contributed by atoms with Gasteiger partial charge in [-0.05, 0) is 12.8 Å². The molecule has 0 aromatic heterocycles. The Hall–Kier alpha value is -0.320. The van der Waals surface area contributed by atoms with Crippen LogP contribution in [-0.2, 0) is 0 Å². The quantitative estimate of drug-likeness (QED) is 0.692. The van der Waals surface area contributed by atoms with Crippen LogP contribution in [0.2, 0.25) is 0 Å². The number of hydrogen-bond acceptors (Lipinski definition) is 4. The van der Waals surface area contributed by atoms with E-state index in [1.54, 1.807) is 0 Å². The van der Waals surface area contributed by atoms with Crippen molar-refractivity contribution in [2.24, 2.45) is 0 Å². The first kappa shape index (κ1) is 11.8. The van der Waals surface area contributed by atoms with Gasteiger partial charge in [-0.15, -0.1) is 0 Å². The number of thioether (sulfide) groups is 2. The fraction of sp³-hybridized carbons (Fsp3) is 0.800. The number of rotatable bonds is 4. The van der Waals surface area contributed by atoms with Crippen LogP contribution in [0.3, 0.4) is 0 Å². The summed E-state index contributed by atoms with van der Waals surface area (Å²) in [6, 6.07) is 4.25. The van der Waals surface area contributed by atoms with Gasteiger partial charge in [-0.3, -0.25) is 0 Å². The first-order chi connectivity index (χ1) is 6.86. The topological polar surface area (TPSA) is 47.6 Å². The van der Waals surface area contributed by atoms with E-state index in [9.17, 15) is 0 Å². The Balaban J connectivity index is 0.000000140. The summed E-state index contributed by atoms with van der Waals surface area (Å²) in [5.41, 5.74) is 0. The van der Waals surface area contributed by atoms with Crippen molar-refractivity contribution < 1.29 is 0 Å². The minimum Gasteiger partial charge on any atom is -0.198 e. The molecule has 0 amide bonds. The summed E-state index contributed by atoms with van der Waals surface area (Å²) in [5, 5.41) is 17.9.